The molecular formula is C42H83NO5. The quantitative estimate of drug-likeness (QED) is 0.0516. The van der Waals surface area contributed by atoms with Crippen LogP contribution in [0.4, 0.5) is 0 Å². The lowest BCUT2D eigenvalue weighted by atomic mass is 9.98. The number of aliphatic hydroxyl groups excluding tert-OH is 1. The maximum Gasteiger partial charge on any atom is 0.308 e. The zero-order valence-corrected chi connectivity index (χ0v) is 32.7. The average Bonchev–Trinajstić information content (AvgIpc) is 3.09. The minimum atomic E-state index is 0.0254. The van der Waals surface area contributed by atoms with E-state index in [1.165, 1.54) is 116 Å². The van der Waals surface area contributed by atoms with Gasteiger partial charge in [0.25, 0.3) is 0 Å². The first kappa shape index (κ1) is 46.9. The Morgan fingerprint density at radius 3 is 1.15 bits per heavy atom. The number of hydrogen-bond acceptors (Lipinski definition) is 6. The van der Waals surface area contributed by atoms with Gasteiger partial charge in [0, 0.05) is 6.61 Å². The Labute approximate surface area is 299 Å². The molecule has 0 aliphatic carbocycles. The third-order valence-corrected chi connectivity index (χ3v) is 10.1. The first-order valence-electron chi connectivity index (χ1n) is 21.2. The summed E-state index contributed by atoms with van der Waals surface area (Å²) < 4.78 is 11.2. The zero-order valence-electron chi connectivity index (χ0n) is 32.7. The summed E-state index contributed by atoms with van der Waals surface area (Å²) in [7, 11) is 0. The zero-order chi connectivity index (χ0) is 35.3. The number of rotatable bonds is 38. The van der Waals surface area contributed by atoms with Crippen molar-refractivity contribution >= 4 is 11.9 Å². The molecule has 0 bridgehead atoms. The highest BCUT2D eigenvalue weighted by molar-refractivity contribution is 5.72. The van der Waals surface area contributed by atoms with E-state index in [0.29, 0.717) is 19.8 Å². The molecule has 0 saturated carbocycles. The Kier molecular flexibility index (Phi) is 36.2. The molecule has 0 aromatic carbocycles. The van der Waals surface area contributed by atoms with Gasteiger partial charge in [0.2, 0.25) is 0 Å². The van der Waals surface area contributed by atoms with E-state index in [-0.39, 0.29) is 23.8 Å². The summed E-state index contributed by atoms with van der Waals surface area (Å²) >= 11 is 0. The van der Waals surface area contributed by atoms with Crippen LogP contribution in [-0.2, 0) is 19.1 Å². The van der Waals surface area contributed by atoms with Crippen LogP contribution in [0.1, 0.15) is 207 Å². The summed E-state index contributed by atoms with van der Waals surface area (Å²) in [5, 5.41) is 9.23. The molecule has 0 rings (SSSR count). The van der Waals surface area contributed by atoms with E-state index in [9.17, 15) is 14.7 Å². The van der Waals surface area contributed by atoms with Crippen molar-refractivity contribution in [3.8, 4) is 0 Å². The minimum absolute atomic E-state index is 0.0254. The second-order valence-corrected chi connectivity index (χ2v) is 14.5. The average molecular weight is 682 g/mol. The summed E-state index contributed by atoms with van der Waals surface area (Å²) in [6, 6.07) is 0. The fourth-order valence-corrected chi connectivity index (χ4v) is 6.62. The molecule has 6 heteroatoms. The molecule has 48 heavy (non-hydrogen) atoms. The van der Waals surface area contributed by atoms with E-state index >= 15 is 0 Å². The second-order valence-electron chi connectivity index (χ2n) is 14.5. The van der Waals surface area contributed by atoms with E-state index in [1.54, 1.807) is 0 Å². The van der Waals surface area contributed by atoms with Crippen LogP contribution in [0.15, 0.2) is 0 Å². The minimum Gasteiger partial charge on any atom is -0.465 e. The van der Waals surface area contributed by atoms with Gasteiger partial charge in [-0.25, -0.2) is 0 Å². The van der Waals surface area contributed by atoms with Crippen LogP contribution in [0.5, 0.6) is 0 Å². The van der Waals surface area contributed by atoms with Gasteiger partial charge in [-0.1, -0.05) is 143 Å². The van der Waals surface area contributed by atoms with Crippen molar-refractivity contribution in [2.24, 2.45) is 11.8 Å². The third-order valence-electron chi connectivity index (χ3n) is 10.1. The maximum atomic E-state index is 12.4. The molecule has 0 aromatic heterocycles. The van der Waals surface area contributed by atoms with Gasteiger partial charge < -0.3 is 19.5 Å². The summed E-state index contributed by atoms with van der Waals surface area (Å²) in [6.07, 6.45) is 32.4. The number of esters is 2. The predicted octanol–water partition coefficient (Wildman–Crippen LogP) is 11.6. The summed E-state index contributed by atoms with van der Waals surface area (Å²) in [6.45, 7) is 13.6. The molecule has 6 nitrogen and oxygen atoms in total. The van der Waals surface area contributed by atoms with Gasteiger partial charge in [-0.2, -0.15) is 0 Å². The number of unbranched alkanes of at least 4 members (excludes halogenated alkanes) is 19. The number of nitrogens with zero attached hydrogens (tertiary/aromatic N) is 1. The molecule has 0 aliphatic heterocycles. The molecule has 2 atom stereocenters. The van der Waals surface area contributed by atoms with Crippen molar-refractivity contribution in [3.05, 3.63) is 0 Å². The van der Waals surface area contributed by atoms with Gasteiger partial charge in [0.1, 0.15) is 0 Å². The monoisotopic (exact) mass is 682 g/mol. The van der Waals surface area contributed by atoms with Crippen molar-refractivity contribution in [2.45, 2.75) is 207 Å². The molecule has 0 aliphatic rings. The highest BCUT2D eigenvalue weighted by atomic mass is 16.5. The van der Waals surface area contributed by atoms with Crippen molar-refractivity contribution in [1.82, 2.24) is 4.90 Å². The van der Waals surface area contributed by atoms with E-state index < -0.39 is 0 Å². The third kappa shape index (κ3) is 29.7. The molecule has 0 fully saturated rings. The van der Waals surface area contributed by atoms with Gasteiger partial charge in [0.15, 0.2) is 0 Å². The van der Waals surface area contributed by atoms with Crippen molar-refractivity contribution in [1.29, 1.82) is 0 Å². The van der Waals surface area contributed by atoms with Crippen molar-refractivity contribution in [3.63, 3.8) is 0 Å². The van der Waals surface area contributed by atoms with Crippen LogP contribution in [0.25, 0.3) is 0 Å². The standard InChI is InChI=1S/C42H83NO5/c1-5-9-11-23-31-39(7-3)41(45)47-37-29-21-17-13-15-19-25-33-43(35-27-28-36-44)34-26-20-16-14-18-22-30-38-48-42(46)40(8-4)32-24-12-10-6-2/h39-40,44H,5-38H2,1-4H3. The van der Waals surface area contributed by atoms with E-state index in [1.807, 2.05) is 0 Å². The van der Waals surface area contributed by atoms with Gasteiger partial charge in [-0.3, -0.25) is 9.59 Å². The highest BCUT2D eigenvalue weighted by Gasteiger charge is 2.18. The van der Waals surface area contributed by atoms with E-state index in [0.717, 1.165) is 83.6 Å². The molecular weight excluding hydrogens is 598 g/mol. The van der Waals surface area contributed by atoms with Crippen LogP contribution in [-0.4, -0.2) is 61.4 Å². The van der Waals surface area contributed by atoms with Crippen LogP contribution >= 0.6 is 0 Å². The Morgan fingerprint density at radius 2 is 0.792 bits per heavy atom. The topological polar surface area (TPSA) is 76.1 Å². The largest absolute Gasteiger partial charge is 0.465 e. The van der Waals surface area contributed by atoms with Gasteiger partial charge in [0.05, 0.1) is 25.0 Å². The molecule has 286 valence electrons. The number of carbonyl (C=O) groups is 2. The lowest BCUT2D eigenvalue weighted by molar-refractivity contribution is -0.150. The maximum absolute atomic E-state index is 12.4. The molecule has 0 aromatic rings. The van der Waals surface area contributed by atoms with Crippen molar-refractivity contribution < 1.29 is 24.2 Å². The summed E-state index contributed by atoms with van der Waals surface area (Å²) in [5.74, 6) is 0.234. The molecule has 2 unspecified atom stereocenters. The van der Waals surface area contributed by atoms with E-state index in [4.69, 9.17) is 9.47 Å². The highest BCUT2D eigenvalue weighted by Crippen LogP contribution is 2.18. The molecule has 1 N–H and O–H groups in total. The Morgan fingerprint density at radius 1 is 0.458 bits per heavy atom. The van der Waals surface area contributed by atoms with Crippen LogP contribution in [0.3, 0.4) is 0 Å². The first-order valence-corrected chi connectivity index (χ1v) is 21.2. The molecule has 0 amide bonds. The van der Waals surface area contributed by atoms with Crippen molar-refractivity contribution in [2.75, 3.05) is 39.5 Å². The smallest absolute Gasteiger partial charge is 0.308 e. The fraction of sp³-hybridized carbons (Fsp3) is 0.952. The van der Waals surface area contributed by atoms with Crippen LogP contribution < -0.4 is 0 Å². The first-order chi connectivity index (χ1) is 23.5. The molecule has 0 radical (unpaired) electrons. The fourth-order valence-electron chi connectivity index (χ4n) is 6.62. The van der Waals surface area contributed by atoms with Crippen LogP contribution in [0, 0.1) is 11.8 Å². The number of carbonyl (C=O) groups excluding carboxylic acids is 2. The summed E-state index contributed by atoms with van der Waals surface area (Å²) in [5.41, 5.74) is 0. The van der Waals surface area contributed by atoms with Gasteiger partial charge in [-0.15, -0.1) is 0 Å². The summed E-state index contributed by atoms with van der Waals surface area (Å²) in [4.78, 5) is 27.3. The normalized spacial score (nSPS) is 12.8. The van der Waals surface area contributed by atoms with Gasteiger partial charge >= 0.3 is 11.9 Å². The lowest BCUT2D eigenvalue weighted by Gasteiger charge is -2.22. The Bertz CT molecular complexity index is 635. The van der Waals surface area contributed by atoms with Crippen LogP contribution in [0.2, 0.25) is 0 Å². The number of aliphatic hydroxyl groups is 1. The SMILES string of the molecule is CCCCCCC(CC)C(=O)OCCCCCCCCCN(CCCCO)CCCCCCCCCOC(=O)C(CC)CCCCCC. The van der Waals surface area contributed by atoms with Gasteiger partial charge in [-0.05, 0) is 83.8 Å². The second kappa shape index (κ2) is 37.1. The molecule has 0 saturated heterocycles. The van der Waals surface area contributed by atoms with E-state index in [2.05, 4.69) is 32.6 Å². The molecule has 0 heterocycles. The Balaban J connectivity index is 3.85. The number of hydrogen-bond donors (Lipinski definition) is 1. The lowest BCUT2D eigenvalue weighted by Crippen LogP contribution is -2.27. The number of ether oxygens (including phenoxy) is 2. The molecule has 0 spiro atoms. The Hall–Kier alpha value is -1.14. The predicted molar refractivity (Wildman–Crippen MR) is 204 cm³/mol.